The third kappa shape index (κ3) is 3.74. The number of nitrogens with zero attached hydrogens (tertiary/aromatic N) is 3. The van der Waals surface area contributed by atoms with E-state index in [4.69, 9.17) is 0 Å². The number of alkyl halides is 2. The molecule has 122 valence electrons. The minimum atomic E-state index is -2.91. The van der Waals surface area contributed by atoms with E-state index in [2.05, 4.69) is 25.6 Å². The largest absolute Gasteiger partial charge is 0.435 e. The number of aromatic nitrogens is 3. The number of carbonyl (C=O) groups excluding carboxylic acids is 1. The molecule has 0 fully saturated rings. The molecule has 2 N–H and O–H groups in total. The van der Waals surface area contributed by atoms with E-state index in [1.807, 2.05) is 4.57 Å². The Bertz CT molecular complexity index is 704. The van der Waals surface area contributed by atoms with E-state index in [0.29, 0.717) is 11.5 Å². The van der Waals surface area contributed by atoms with Gasteiger partial charge >= 0.3 is 12.6 Å². The number of ether oxygens (including phenoxy) is 1. The molecule has 0 spiro atoms. The Morgan fingerprint density at radius 3 is 3.09 bits per heavy atom. The van der Waals surface area contributed by atoms with Gasteiger partial charge in [0, 0.05) is 24.7 Å². The predicted molar refractivity (Wildman–Crippen MR) is 77.3 cm³/mol. The molecule has 1 aliphatic heterocycles. The van der Waals surface area contributed by atoms with Gasteiger partial charge < -0.3 is 19.9 Å². The Hall–Kier alpha value is -2.71. The van der Waals surface area contributed by atoms with Gasteiger partial charge in [0.25, 0.3) is 0 Å². The van der Waals surface area contributed by atoms with Gasteiger partial charge in [-0.15, -0.1) is 10.2 Å². The summed E-state index contributed by atoms with van der Waals surface area (Å²) in [4.78, 5) is 11.9. The van der Waals surface area contributed by atoms with Crippen LogP contribution in [0.2, 0.25) is 0 Å². The second-order valence-electron chi connectivity index (χ2n) is 5.00. The second-order valence-corrected chi connectivity index (χ2v) is 5.00. The predicted octanol–water partition coefficient (Wildman–Crippen LogP) is 2.15. The molecule has 2 heterocycles. The number of halogens is 2. The van der Waals surface area contributed by atoms with E-state index in [1.54, 1.807) is 6.07 Å². The first-order chi connectivity index (χ1) is 11.1. The van der Waals surface area contributed by atoms with Gasteiger partial charge in [0.15, 0.2) is 5.82 Å². The summed E-state index contributed by atoms with van der Waals surface area (Å²) in [7, 11) is 0. The van der Waals surface area contributed by atoms with Crippen LogP contribution in [0.4, 0.5) is 19.3 Å². The number of nitrogens with one attached hydrogen (secondary N) is 2. The monoisotopic (exact) mass is 323 g/mol. The first kappa shape index (κ1) is 15.2. The fraction of sp³-hybridized carbons (Fsp3) is 0.357. The number of hydrogen-bond acceptors (Lipinski definition) is 4. The third-order valence-corrected chi connectivity index (χ3v) is 3.41. The van der Waals surface area contributed by atoms with Gasteiger partial charge in [0.1, 0.15) is 11.6 Å². The molecule has 7 nitrogen and oxygen atoms in total. The minimum absolute atomic E-state index is 0.0203. The van der Waals surface area contributed by atoms with Crippen molar-refractivity contribution in [1.82, 2.24) is 20.1 Å². The van der Waals surface area contributed by atoms with Crippen LogP contribution < -0.4 is 15.4 Å². The van der Waals surface area contributed by atoms with Crippen LogP contribution in [0.1, 0.15) is 18.1 Å². The van der Waals surface area contributed by atoms with E-state index in [0.717, 1.165) is 25.2 Å². The summed E-state index contributed by atoms with van der Waals surface area (Å²) in [5.41, 5.74) is 0.354. The molecule has 23 heavy (non-hydrogen) atoms. The first-order valence-corrected chi connectivity index (χ1v) is 7.12. The van der Waals surface area contributed by atoms with E-state index in [-0.39, 0.29) is 12.3 Å². The quantitative estimate of drug-likeness (QED) is 0.883. The van der Waals surface area contributed by atoms with Crippen molar-refractivity contribution in [2.45, 2.75) is 32.5 Å². The van der Waals surface area contributed by atoms with Gasteiger partial charge in [-0.25, -0.2) is 4.79 Å². The average Bonchev–Trinajstić information content (AvgIpc) is 3.08. The smallest absolute Gasteiger partial charge is 0.387 e. The van der Waals surface area contributed by atoms with Crippen LogP contribution in [-0.4, -0.2) is 27.4 Å². The van der Waals surface area contributed by atoms with Crippen LogP contribution in [0.3, 0.4) is 0 Å². The summed E-state index contributed by atoms with van der Waals surface area (Å²) < 4.78 is 30.6. The summed E-state index contributed by atoms with van der Waals surface area (Å²) in [6.45, 7) is -1.81. The highest BCUT2D eigenvalue weighted by atomic mass is 19.3. The van der Waals surface area contributed by atoms with Crippen molar-refractivity contribution in [2.24, 2.45) is 0 Å². The number of anilines is 1. The molecule has 0 aliphatic carbocycles. The average molecular weight is 323 g/mol. The van der Waals surface area contributed by atoms with Crippen molar-refractivity contribution in [2.75, 3.05) is 5.32 Å². The van der Waals surface area contributed by atoms with Gasteiger partial charge in [-0.1, -0.05) is 6.07 Å². The standard InChI is InChI=1S/C14H15F2N5O2/c15-13(16)23-10-4-1-3-9(7-10)18-14(22)17-8-12-20-19-11-5-2-6-21(11)12/h1,3-4,7,13H,2,5-6,8H2,(H2,17,18,22). The van der Waals surface area contributed by atoms with Crippen LogP contribution in [0.25, 0.3) is 0 Å². The van der Waals surface area contributed by atoms with Gasteiger partial charge in [-0.3, -0.25) is 0 Å². The van der Waals surface area contributed by atoms with Crippen LogP contribution in [0.5, 0.6) is 5.75 Å². The zero-order chi connectivity index (χ0) is 16.2. The van der Waals surface area contributed by atoms with Crippen LogP contribution >= 0.6 is 0 Å². The van der Waals surface area contributed by atoms with Crippen LogP contribution in [-0.2, 0) is 19.5 Å². The van der Waals surface area contributed by atoms with E-state index < -0.39 is 12.6 Å². The Labute approximate surface area is 130 Å². The van der Waals surface area contributed by atoms with Crippen molar-refractivity contribution in [3.8, 4) is 5.75 Å². The van der Waals surface area contributed by atoms with Crippen molar-refractivity contribution in [1.29, 1.82) is 0 Å². The molecule has 9 heteroatoms. The Kier molecular flexibility index (Phi) is 4.35. The lowest BCUT2D eigenvalue weighted by atomic mass is 10.3. The summed E-state index contributed by atoms with van der Waals surface area (Å²) in [5.74, 6) is 1.61. The van der Waals surface area contributed by atoms with Gasteiger partial charge in [-0.2, -0.15) is 8.78 Å². The Morgan fingerprint density at radius 2 is 2.26 bits per heavy atom. The van der Waals surface area contributed by atoms with Gasteiger partial charge in [0.2, 0.25) is 0 Å². The van der Waals surface area contributed by atoms with Crippen LogP contribution in [0.15, 0.2) is 24.3 Å². The Morgan fingerprint density at radius 1 is 1.39 bits per heavy atom. The maximum Gasteiger partial charge on any atom is 0.387 e. The number of fused-ring (bicyclic) bond motifs is 1. The lowest BCUT2D eigenvalue weighted by Gasteiger charge is -2.09. The molecule has 1 aliphatic rings. The Balaban J connectivity index is 1.55. The normalized spacial score (nSPS) is 13.0. The van der Waals surface area contributed by atoms with Crippen molar-refractivity contribution >= 4 is 11.7 Å². The van der Waals surface area contributed by atoms with Crippen molar-refractivity contribution in [3.63, 3.8) is 0 Å². The molecule has 2 aromatic rings. The van der Waals surface area contributed by atoms with Crippen molar-refractivity contribution < 1.29 is 18.3 Å². The lowest BCUT2D eigenvalue weighted by molar-refractivity contribution is -0.0497. The molecule has 0 unspecified atom stereocenters. The molecule has 1 aromatic heterocycles. The highest BCUT2D eigenvalue weighted by molar-refractivity contribution is 5.89. The van der Waals surface area contributed by atoms with E-state index in [9.17, 15) is 13.6 Å². The fourth-order valence-corrected chi connectivity index (χ4v) is 2.43. The zero-order valence-corrected chi connectivity index (χ0v) is 12.1. The van der Waals surface area contributed by atoms with Crippen LogP contribution in [0, 0.1) is 0 Å². The molecule has 0 saturated heterocycles. The molecule has 0 saturated carbocycles. The minimum Gasteiger partial charge on any atom is -0.435 e. The number of hydrogen-bond donors (Lipinski definition) is 2. The molecular formula is C14H15F2N5O2. The lowest BCUT2D eigenvalue weighted by Crippen LogP contribution is -2.29. The maximum absolute atomic E-state index is 12.2. The van der Waals surface area contributed by atoms with Gasteiger partial charge in [-0.05, 0) is 18.6 Å². The summed E-state index contributed by atoms with van der Waals surface area (Å²) >= 11 is 0. The number of aryl methyl sites for hydroxylation is 1. The number of benzene rings is 1. The number of urea groups is 1. The van der Waals surface area contributed by atoms with Gasteiger partial charge in [0.05, 0.1) is 6.54 Å². The molecule has 2 amide bonds. The summed E-state index contributed by atoms with van der Waals surface area (Å²) in [6.07, 6.45) is 1.93. The van der Waals surface area contributed by atoms with E-state index in [1.165, 1.54) is 18.2 Å². The van der Waals surface area contributed by atoms with E-state index >= 15 is 0 Å². The topological polar surface area (TPSA) is 81.1 Å². The fourth-order valence-electron chi connectivity index (χ4n) is 2.43. The number of amides is 2. The number of carbonyl (C=O) groups is 1. The molecule has 0 radical (unpaired) electrons. The molecular weight excluding hydrogens is 308 g/mol. The third-order valence-electron chi connectivity index (χ3n) is 3.41. The van der Waals surface area contributed by atoms with Crippen molar-refractivity contribution in [3.05, 3.63) is 35.9 Å². The molecule has 1 aromatic carbocycles. The molecule has 0 atom stereocenters. The molecule has 3 rings (SSSR count). The highest BCUT2D eigenvalue weighted by Crippen LogP contribution is 2.19. The SMILES string of the molecule is O=C(NCc1nnc2n1CCC2)Nc1cccc(OC(F)F)c1. The summed E-state index contributed by atoms with van der Waals surface area (Å²) in [6, 6.07) is 5.33. The maximum atomic E-state index is 12.2. The number of rotatable bonds is 5. The zero-order valence-electron chi connectivity index (χ0n) is 12.1. The summed E-state index contributed by atoms with van der Waals surface area (Å²) in [5, 5.41) is 13.3. The molecule has 0 bridgehead atoms. The first-order valence-electron chi connectivity index (χ1n) is 7.12. The highest BCUT2D eigenvalue weighted by Gasteiger charge is 2.17. The second kappa shape index (κ2) is 6.59.